The Morgan fingerprint density at radius 1 is 1.06 bits per heavy atom. The van der Waals surface area contributed by atoms with Crippen LogP contribution in [0.1, 0.15) is 31.5 Å². The Morgan fingerprint density at radius 2 is 1.88 bits per heavy atom. The van der Waals surface area contributed by atoms with Gasteiger partial charge in [-0.15, -0.1) is 15.3 Å². The van der Waals surface area contributed by atoms with Gasteiger partial charge in [-0.2, -0.15) is 4.52 Å². The SMILES string of the molecule is CC(Oc1ccc2c(c1)OCO2)C(=O)N1CCN(c2ccc3nnc(C4CC4)n3n2)CC1. The lowest BCUT2D eigenvalue weighted by Gasteiger charge is -2.36. The van der Waals surface area contributed by atoms with Crippen LogP contribution in [0.25, 0.3) is 5.65 Å². The molecular weight excluding hydrogens is 412 g/mol. The number of amides is 1. The van der Waals surface area contributed by atoms with Crippen LogP contribution in [0.15, 0.2) is 30.3 Å². The lowest BCUT2D eigenvalue weighted by atomic mass is 10.2. The second-order valence-corrected chi connectivity index (χ2v) is 8.38. The number of carbonyl (C=O) groups excluding carboxylic acids is 1. The fourth-order valence-electron chi connectivity index (χ4n) is 4.18. The summed E-state index contributed by atoms with van der Waals surface area (Å²) in [4.78, 5) is 17.0. The molecule has 0 radical (unpaired) electrons. The number of anilines is 1. The molecule has 1 saturated heterocycles. The van der Waals surface area contributed by atoms with Crippen LogP contribution in [0.4, 0.5) is 5.82 Å². The molecule has 0 bridgehead atoms. The average molecular weight is 436 g/mol. The van der Waals surface area contributed by atoms with E-state index in [1.54, 1.807) is 25.1 Å². The summed E-state index contributed by atoms with van der Waals surface area (Å²) in [6.45, 7) is 4.64. The maximum atomic E-state index is 12.9. The molecule has 10 nitrogen and oxygen atoms in total. The Morgan fingerprint density at radius 3 is 2.69 bits per heavy atom. The van der Waals surface area contributed by atoms with Gasteiger partial charge in [-0.1, -0.05) is 0 Å². The minimum absolute atomic E-state index is 0.0273. The highest BCUT2D eigenvalue weighted by atomic mass is 16.7. The van der Waals surface area contributed by atoms with Crippen LogP contribution in [-0.4, -0.2) is 69.7 Å². The van der Waals surface area contributed by atoms with E-state index in [0.717, 1.165) is 30.1 Å². The third kappa shape index (κ3) is 3.45. The lowest BCUT2D eigenvalue weighted by molar-refractivity contribution is -0.138. The molecule has 0 N–H and O–H groups in total. The molecule has 1 unspecified atom stereocenters. The van der Waals surface area contributed by atoms with Gasteiger partial charge >= 0.3 is 0 Å². The number of hydrogen-bond acceptors (Lipinski definition) is 8. The number of fused-ring (bicyclic) bond motifs is 2. The molecule has 3 aromatic rings. The van der Waals surface area contributed by atoms with Gasteiger partial charge in [0.25, 0.3) is 5.91 Å². The van der Waals surface area contributed by atoms with Gasteiger partial charge in [0.05, 0.1) is 0 Å². The summed E-state index contributed by atoms with van der Waals surface area (Å²) in [6.07, 6.45) is 1.72. The fraction of sp³-hybridized carbons (Fsp3) is 0.455. The molecule has 2 aromatic heterocycles. The number of nitrogens with zero attached hydrogens (tertiary/aromatic N) is 6. The van der Waals surface area contributed by atoms with E-state index in [4.69, 9.17) is 19.3 Å². The molecule has 10 heteroatoms. The standard InChI is InChI=1S/C22H24N6O4/c1-14(32-16-4-5-17-18(12-16)31-13-30-17)22(29)27-10-8-26(9-11-27)20-7-6-19-23-24-21(15-2-3-15)28(19)25-20/h4-7,12,14-15H,2-3,8-11,13H2,1H3. The molecule has 32 heavy (non-hydrogen) atoms. The van der Waals surface area contributed by atoms with Crippen molar-refractivity contribution >= 4 is 17.4 Å². The predicted octanol–water partition coefficient (Wildman–Crippen LogP) is 1.85. The summed E-state index contributed by atoms with van der Waals surface area (Å²) in [5.41, 5.74) is 0.777. The first-order chi connectivity index (χ1) is 15.7. The molecule has 166 valence electrons. The second-order valence-electron chi connectivity index (χ2n) is 8.38. The smallest absolute Gasteiger partial charge is 0.263 e. The number of aromatic nitrogens is 4. The summed E-state index contributed by atoms with van der Waals surface area (Å²) in [7, 11) is 0. The summed E-state index contributed by atoms with van der Waals surface area (Å²) in [5.74, 6) is 4.20. The third-order valence-electron chi connectivity index (χ3n) is 6.14. The molecule has 3 aliphatic rings. The fourth-order valence-corrected chi connectivity index (χ4v) is 4.18. The molecule has 6 rings (SSSR count). The molecule has 2 aliphatic heterocycles. The molecule has 4 heterocycles. The number of piperazine rings is 1. The normalized spacial score (nSPS) is 18.8. The highest BCUT2D eigenvalue weighted by Gasteiger charge is 2.30. The number of carbonyl (C=O) groups is 1. The van der Waals surface area contributed by atoms with E-state index in [-0.39, 0.29) is 12.7 Å². The number of rotatable bonds is 5. The maximum absolute atomic E-state index is 12.9. The summed E-state index contributed by atoms with van der Waals surface area (Å²) >= 11 is 0. The van der Waals surface area contributed by atoms with E-state index in [9.17, 15) is 4.79 Å². The highest BCUT2D eigenvalue weighted by Crippen LogP contribution is 2.39. The van der Waals surface area contributed by atoms with Gasteiger partial charge in [0.15, 0.2) is 29.1 Å². The van der Waals surface area contributed by atoms with Crippen LogP contribution in [0, 0.1) is 0 Å². The molecular formula is C22H24N6O4. The van der Waals surface area contributed by atoms with Gasteiger partial charge in [-0.25, -0.2) is 0 Å². The van der Waals surface area contributed by atoms with Crippen LogP contribution in [0.2, 0.25) is 0 Å². The van der Waals surface area contributed by atoms with Crippen molar-refractivity contribution in [3.8, 4) is 17.2 Å². The minimum atomic E-state index is -0.588. The Balaban J connectivity index is 1.09. The molecule has 2 fully saturated rings. The predicted molar refractivity (Wildman–Crippen MR) is 114 cm³/mol. The van der Waals surface area contributed by atoms with Gasteiger partial charge in [-0.05, 0) is 44.0 Å². The van der Waals surface area contributed by atoms with E-state index < -0.39 is 6.10 Å². The largest absolute Gasteiger partial charge is 0.481 e. The maximum Gasteiger partial charge on any atom is 0.263 e. The number of ether oxygens (including phenoxy) is 3. The zero-order valence-corrected chi connectivity index (χ0v) is 17.8. The van der Waals surface area contributed by atoms with Gasteiger partial charge in [0, 0.05) is 38.2 Å². The first-order valence-corrected chi connectivity index (χ1v) is 11.0. The zero-order valence-electron chi connectivity index (χ0n) is 17.8. The van der Waals surface area contributed by atoms with Crippen molar-refractivity contribution in [3.63, 3.8) is 0 Å². The summed E-state index contributed by atoms with van der Waals surface area (Å²) in [5, 5.41) is 13.3. The molecule has 0 spiro atoms. The van der Waals surface area contributed by atoms with Crippen LogP contribution in [-0.2, 0) is 4.79 Å². The van der Waals surface area contributed by atoms with E-state index in [0.29, 0.717) is 49.3 Å². The monoisotopic (exact) mass is 436 g/mol. The number of benzene rings is 1. The molecule has 1 saturated carbocycles. The van der Waals surface area contributed by atoms with Crippen LogP contribution in [0.5, 0.6) is 17.2 Å². The Hall–Kier alpha value is -3.56. The van der Waals surface area contributed by atoms with Crippen molar-refractivity contribution in [1.29, 1.82) is 0 Å². The van der Waals surface area contributed by atoms with Crippen LogP contribution >= 0.6 is 0 Å². The molecule has 1 aliphatic carbocycles. The zero-order chi connectivity index (χ0) is 21.7. The second kappa shape index (κ2) is 7.54. The van der Waals surface area contributed by atoms with E-state index in [1.165, 1.54) is 0 Å². The van der Waals surface area contributed by atoms with Crippen molar-refractivity contribution in [3.05, 3.63) is 36.2 Å². The van der Waals surface area contributed by atoms with Gasteiger partial charge in [0.2, 0.25) is 6.79 Å². The average Bonchev–Trinajstić information content (AvgIpc) is 3.40. The van der Waals surface area contributed by atoms with Crippen molar-refractivity contribution in [1.82, 2.24) is 24.7 Å². The van der Waals surface area contributed by atoms with Gasteiger partial charge in [0.1, 0.15) is 11.6 Å². The highest BCUT2D eigenvalue weighted by molar-refractivity contribution is 5.81. The lowest BCUT2D eigenvalue weighted by Crippen LogP contribution is -2.52. The van der Waals surface area contributed by atoms with Crippen LogP contribution in [0.3, 0.4) is 0 Å². The van der Waals surface area contributed by atoms with Crippen molar-refractivity contribution in [2.24, 2.45) is 0 Å². The van der Waals surface area contributed by atoms with E-state index >= 15 is 0 Å². The van der Waals surface area contributed by atoms with Gasteiger partial charge < -0.3 is 24.0 Å². The first-order valence-electron chi connectivity index (χ1n) is 11.0. The van der Waals surface area contributed by atoms with Crippen molar-refractivity contribution < 1.29 is 19.0 Å². The molecule has 1 atom stereocenters. The summed E-state index contributed by atoms with van der Waals surface area (Å²) < 4.78 is 18.4. The minimum Gasteiger partial charge on any atom is -0.481 e. The molecule has 1 aromatic carbocycles. The Bertz CT molecular complexity index is 1170. The van der Waals surface area contributed by atoms with E-state index in [1.807, 2.05) is 21.5 Å². The third-order valence-corrected chi connectivity index (χ3v) is 6.14. The van der Waals surface area contributed by atoms with Crippen LogP contribution < -0.4 is 19.1 Å². The topological polar surface area (TPSA) is 94.3 Å². The first kappa shape index (κ1) is 19.1. The quantitative estimate of drug-likeness (QED) is 0.598. The van der Waals surface area contributed by atoms with Gasteiger partial charge in [-0.3, -0.25) is 4.79 Å². The Labute approximate surface area is 184 Å². The van der Waals surface area contributed by atoms with Crippen molar-refractivity contribution in [2.45, 2.75) is 31.8 Å². The van der Waals surface area contributed by atoms with Crippen molar-refractivity contribution in [2.75, 3.05) is 37.9 Å². The van der Waals surface area contributed by atoms with E-state index in [2.05, 4.69) is 15.1 Å². The summed E-state index contributed by atoms with van der Waals surface area (Å²) in [6, 6.07) is 9.27. The number of hydrogen-bond donors (Lipinski definition) is 0. The molecule has 1 amide bonds. The Kier molecular flexibility index (Phi) is 4.51.